The van der Waals surface area contributed by atoms with Gasteiger partial charge in [0.25, 0.3) is 0 Å². The third-order valence-electron chi connectivity index (χ3n) is 4.80. The molecular formula is C18H28BrN2O3+. The highest BCUT2D eigenvalue weighted by Crippen LogP contribution is 2.35. The predicted molar refractivity (Wildman–Crippen MR) is 97.4 cm³/mol. The molecule has 1 saturated heterocycles. The molecule has 1 fully saturated rings. The average molecular weight is 400 g/mol. The van der Waals surface area contributed by atoms with Crippen LogP contribution in [-0.2, 0) is 11.3 Å². The van der Waals surface area contributed by atoms with Gasteiger partial charge in [-0.3, -0.25) is 4.79 Å². The molecule has 0 radical (unpaired) electrons. The van der Waals surface area contributed by atoms with Crippen molar-refractivity contribution in [3.05, 3.63) is 22.2 Å². The number of phenolic OH excluding ortho intramolecular Hbond substituents is 1. The van der Waals surface area contributed by atoms with Gasteiger partial charge in [-0.05, 0) is 54.8 Å². The molecule has 1 aliphatic rings. The number of ether oxygens (including phenoxy) is 1. The van der Waals surface area contributed by atoms with Gasteiger partial charge in [-0.25, -0.2) is 0 Å². The topological polar surface area (TPSA) is 54.2 Å². The van der Waals surface area contributed by atoms with Gasteiger partial charge in [0, 0.05) is 18.7 Å². The number of amides is 1. The van der Waals surface area contributed by atoms with Crippen molar-refractivity contribution in [1.29, 1.82) is 0 Å². The Morgan fingerprint density at radius 2 is 2.12 bits per heavy atom. The molecule has 0 spiro atoms. The summed E-state index contributed by atoms with van der Waals surface area (Å²) in [5.74, 6) is 1.02. The van der Waals surface area contributed by atoms with E-state index in [0.29, 0.717) is 16.1 Å². The van der Waals surface area contributed by atoms with E-state index in [1.54, 1.807) is 7.11 Å². The van der Waals surface area contributed by atoms with E-state index in [1.165, 1.54) is 4.90 Å². The summed E-state index contributed by atoms with van der Waals surface area (Å²) in [6.45, 7) is 8.41. The molecule has 1 aromatic carbocycles. The first-order valence-corrected chi connectivity index (χ1v) is 9.47. The van der Waals surface area contributed by atoms with Crippen molar-refractivity contribution in [2.45, 2.75) is 33.2 Å². The van der Waals surface area contributed by atoms with E-state index in [0.717, 1.165) is 51.1 Å². The van der Waals surface area contributed by atoms with Gasteiger partial charge >= 0.3 is 0 Å². The molecule has 0 saturated carbocycles. The van der Waals surface area contributed by atoms with Crippen LogP contribution in [-0.4, -0.2) is 49.2 Å². The van der Waals surface area contributed by atoms with Crippen LogP contribution in [0.4, 0.5) is 0 Å². The molecule has 1 aliphatic heterocycles. The minimum atomic E-state index is 0.121. The van der Waals surface area contributed by atoms with Crippen LogP contribution >= 0.6 is 15.9 Å². The Bertz CT molecular complexity index is 576. The van der Waals surface area contributed by atoms with Crippen molar-refractivity contribution in [2.24, 2.45) is 5.92 Å². The molecule has 5 nitrogen and oxygen atoms in total. The van der Waals surface area contributed by atoms with Crippen molar-refractivity contribution in [2.75, 3.05) is 33.3 Å². The third-order valence-corrected chi connectivity index (χ3v) is 5.41. The maximum absolute atomic E-state index is 12.6. The Hall–Kier alpha value is -1.27. The number of carbonyl (C=O) groups excluding carboxylic acids is 1. The minimum Gasteiger partial charge on any atom is -0.503 e. The summed E-state index contributed by atoms with van der Waals surface area (Å²) in [7, 11) is 1.55. The van der Waals surface area contributed by atoms with Gasteiger partial charge in [-0.2, -0.15) is 0 Å². The highest BCUT2D eigenvalue weighted by Gasteiger charge is 2.31. The molecule has 1 aromatic rings. The molecular weight excluding hydrogens is 372 g/mol. The zero-order valence-corrected chi connectivity index (χ0v) is 16.4. The number of likely N-dealkylation sites (tertiary alicyclic amines) is 1. The summed E-state index contributed by atoms with van der Waals surface area (Å²) in [6.07, 6.45) is 2.06. The lowest BCUT2D eigenvalue weighted by molar-refractivity contribution is -0.921. The van der Waals surface area contributed by atoms with Crippen molar-refractivity contribution in [3.63, 3.8) is 0 Å². The Balaban J connectivity index is 2.05. The lowest BCUT2D eigenvalue weighted by Gasteiger charge is -2.32. The van der Waals surface area contributed by atoms with Gasteiger partial charge < -0.3 is 19.6 Å². The zero-order chi connectivity index (χ0) is 17.7. The molecule has 6 heteroatoms. The fourth-order valence-electron chi connectivity index (χ4n) is 3.49. The lowest BCUT2D eigenvalue weighted by Crippen LogP contribution is -3.12. The number of aromatic hydroxyl groups is 1. The minimum absolute atomic E-state index is 0.121. The Morgan fingerprint density at radius 1 is 1.42 bits per heavy atom. The number of quaternary nitrogens is 1. The van der Waals surface area contributed by atoms with Crippen LogP contribution in [0.15, 0.2) is 16.6 Å². The molecule has 24 heavy (non-hydrogen) atoms. The molecule has 1 amide bonds. The number of hydrogen-bond donors (Lipinski definition) is 2. The van der Waals surface area contributed by atoms with Crippen LogP contribution < -0.4 is 9.64 Å². The highest BCUT2D eigenvalue weighted by atomic mass is 79.9. The molecule has 2 N–H and O–H groups in total. The Kier molecular flexibility index (Phi) is 6.92. The van der Waals surface area contributed by atoms with Gasteiger partial charge in [-0.1, -0.05) is 0 Å². The number of phenols is 1. The Morgan fingerprint density at radius 3 is 2.75 bits per heavy atom. The molecule has 134 valence electrons. The number of hydrogen-bond acceptors (Lipinski definition) is 3. The molecule has 2 rings (SSSR count). The van der Waals surface area contributed by atoms with Crippen molar-refractivity contribution >= 4 is 21.8 Å². The molecule has 0 aliphatic carbocycles. The summed E-state index contributed by atoms with van der Waals surface area (Å²) >= 11 is 3.38. The van der Waals surface area contributed by atoms with Crippen molar-refractivity contribution < 1.29 is 19.5 Å². The van der Waals surface area contributed by atoms with Gasteiger partial charge in [0.15, 0.2) is 11.5 Å². The van der Waals surface area contributed by atoms with Crippen LogP contribution in [0.5, 0.6) is 11.5 Å². The second-order valence-electron chi connectivity index (χ2n) is 6.36. The SMILES string of the molecule is CCN(CC)C(=O)[C@@H]1CCC[NH+](Cc2cc(Br)c(O)c(OC)c2)C1. The number of benzene rings is 1. The van der Waals surface area contributed by atoms with E-state index in [-0.39, 0.29) is 11.7 Å². The monoisotopic (exact) mass is 399 g/mol. The number of nitrogens with zero attached hydrogens (tertiary/aromatic N) is 1. The smallest absolute Gasteiger partial charge is 0.231 e. The van der Waals surface area contributed by atoms with Crippen molar-refractivity contribution in [3.8, 4) is 11.5 Å². The number of nitrogens with one attached hydrogen (secondary N) is 1. The van der Waals surface area contributed by atoms with Gasteiger partial charge in [0.05, 0.1) is 30.6 Å². The van der Waals surface area contributed by atoms with Crippen LogP contribution in [0, 0.1) is 5.92 Å². The van der Waals surface area contributed by atoms with Gasteiger partial charge in [0.2, 0.25) is 5.91 Å². The van der Waals surface area contributed by atoms with E-state index < -0.39 is 0 Å². The molecule has 2 atom stereocenters. The molecule has 1 heterocycles. The number of halogens is 1. The van der Waals surface area contributed by atoms with E-state index in [2.05, 4.69) is 15.9 Å². The van der Waals surface area contributed by atoms with Crippen LogP contribution in [0.2, 0.25) is 0 Å². The number of methoxy groups -OCH3 is 1. The summed E-state index contributed by atoms with van der Waals surface area (Å²) in [5.41, 5.74) is 1.10. The normalized spacial score (nSPS) is 20.7. The van der Waals surface area contributed by atoms with E-state index in [9.17, 15) is 9.90 Å². The summed E-state index contributed by atoms with van der Waals surface area (Å²) in [5, 5.41) is 9.93. The lowest BCUT2D eigenvalue weighted by atomic mass is 9.96. The number of piperidine rings is 1. The quantitative estimate of drug-likeness (QED) is 0.766. The van der Waals surface area contributed by atoms with E-state index >= 15 is 0 Å². The van der Waals surface area contributed by atoms with Crippen molar-refractivity contribution in [1.82, 2.24) is 4.90 Å². The largest absolute Gasteiger partial charge is 0.503 e. The van der Waals surface area contributed by atoms with E-state index in [4.69, 9.17) is 4.74 Å². The standard InChI is InChI=1S/C18H27BrN2O3/c1-4-21(5-2)18(23)14-7-6-8-20(12-14)11-13-9-15(19)17(22)16(10-13)24-3/h9-10,14,22H,4-8,11-12H2,1-3H3/p+1/t14-/m1/s1. The fourth-order valence-corrected chi connectivity index (χ4v) is 3.98. The fraction of sp³-hybridized carbons (Fsp3) is 0.611. The first kappa shape index (κ1) is 19.1. The maximum Gasteiger partial charge on any atom is 0.231 e. The number of carbonyl (C=O) groups is 1. The van der Waals surface area contributed by atoms with Crippen LogP contribution in [0.3, 0.4) is 0 Å². The average Bonchev–Trinajstić information content (AvgIpc) is 2.59. The maximum atomic E-state index is 12.6. The molecule has 1 unspecified atom stereocenters. The summed E-state index contributed by atoms with van der Waals surface area (Å²) in [6, 6.07) is 3.81. The highest BCUT2D eigenvalue weighted by molar-refractivity contribution is 9.10. The first-order valence-electron chi connectivity index (χ1n) is 8.67. The predicted octanol–water partition coefficient (Wildman–Crippen LogP) is 1.83. The second kappa shape index (κ2) is 8.72. The summed E-state index contributed by atoms with van der Waals surface area (Å²) < 4.78 is 5.87. The molecule has 0 aromatic heterocycles. The zero-order valence-electron chi connectivity index (χ0n) is 14.8. The van der Waals surface area contributed by atoms with Crippen LogP contribution in [0.1, 0.15) is 32.3 Å². The summed E-state index contributed by atoms with van der Waals surface area (Å²) in [4.78, 5) is 16.0. The van der Waals surface area contributed by atoms with E-state index in [1.807, 2.05) is 30.9 Å². The second-order valence-corrected chi connectivity index (χ2v) is 7.21. The first-order chi connectivity index (χ1) is 11.5. The van der Waals surface area contributed by atoms with Gasteiger partial charge in [0.1, 0.15) is 6.54 Å². The Labute approximate surface area is 152 Å². The van der Waals surface area contributed by atoms with Crippen LogP contribution in [0.25, 0.3) is 0 Å². The van der Waals surface area contributed by atoms with Gasteiger partial charge in [-0.15, -0.1) is 0 Å². The molecule has 0 bridgehead atoms. The number of rotatable bonds is 6. The third kappa shape index (κ3) is 4.42.